The molecule has 0 bridgehead atoms. The molecule has 174 valence electrons. The van der Waals surface area contributed by atoms with Gasteiger partial charge < -0.3 is 4.57 Å². The van der Waals surface area contributed by atoms with Crippen molar-refractivity contribution in [1.82, 2.24) is 24.3 Å². The fourth-order valence-electron chi connectivity index (χ4n) is 3.79. The number of nitrogens with zero attached hydrogens (tertiary/aromatic N) is 6. The van der Waals surface area contributed by atoms with Gasteiger partial charge in [-0.1, -0.05) is 61.7 Å². The molecule has 2 aromatic carbocycles. The molecule has 0 aliphatic rings. The minimum absolute atomic E-state index is 0.0493. The average molecular weight is 493 g/mol. The van der Waals surface area contributed by atoms with Gasteiger partial charge in [-0.3, -0.25) is 9.36 Å². The van der Waals surface area contributed by atoms with Gasteiger partial charge in [0.05, 0.1) is 22.7 Å². The highest BCUT2D eigenvalue weighted by molar-refractivity contribution is 7.98. The van der Waals surface area contributed by atoms with E-state index in [0.717, 1.165) is 42.4 Å². The standard InChI is InChI=1S/C25H25ClN6OS/c1-2-3-4-7-15-32-23(18-10-12-19(26)13-11-18)29-30-25(32)34-17-22-28-21-9-6-5-8-20(21)24(33)31(22)16-14-27/h5-6,8-13H,2-4,7,15-17H2,1H3. The van der Waals surface area contributed by atoms with Crippen molar-refractivity contribution in [2.75, 3.05) is 0 Å². The lowest BCUT2D eigenvalue weighted by molar-refractivity contribution is 0.556. The van der Waals surface area contributed by atoms with Crippen molar-refractivity contribution in [3.63, 3.8) is 0 Å². The molecule has 0 amide bonds. The van der Waals surface area contributed by atoms with Gasteiger partial charge in [0.15, 0.2) is 11.0 Å². The molecule has 0 saturated carbocycles. The molecule has 2 aromatic heterocycles. The summed E-state index contributed by atoms with van der Waals surface area (Å²) in [5.41, 5.74) is 1.37. The zero-order valence-electron chi connectivity index (χ0n) is 18.9. The monoisotopic (exact) mass is 492 g/mol. The van der Waals surface area contributed by atoms with Crippen molar-refractivity contribution >= 4 is 34.3 Å². The number of unbranched alkanes of at least 4 members (excludes halogenated alkanes) is 3. The zero-order chi connectivity index (χ0) is 23.9. The number of aromatic nitrogens is 5. The summed E-state index contributed by atoms with van der Waals surface area (Å²) < 4.78 is 3.56. The van der Waals surface area contributed by atoms with Crippen LogP contribution in [0.1, 0.15) is 38.4 Å². The van der Waals surface area contributed by atoms with Gasteiger partial charge in [-0.15, -0.1) is 10.2 Å². The number of rotatable bonds is 10. The number of hydrogen-bond donors (Lipinski definition) is 0. The van der Waals surface area contributed by atoms with Gasteiger partial charge in [-0.2, -0.15) is 5.26 Å². The van der Waals surface area contributed by atoms with Crippen LogP contribution in [0.2, 0.25) is 5.02 Å². The van der Waals surface area contributed by atoms with Crippen LogP contribution in [0.5, 0.6) is 0 Å². The largest absolute Gasteiger partial charge is 0.302 e. The second-order valence-corrected chi connectivity index (χ2v) is 9.29. The van der Waals surface area contributed by atoms with Crippen LogP contribution >= 0.6 is 23.4 Å². The number of halogens is 1. The van der Waals surface area contributed by atoms with E-state index in [4.69, 9.17) is 11.6 Å². The molecule has 0 aliphatic heterocycles. The maximum absolute atomic E-state index is 13.0. The van der Waals surface area contributed by atoms with Crippen molar-refractivity contribution < 1.29 is 0 Å². The van der Waals surface area contributed by atoms with Crippen LogP contribution in [0.15, 0.2) is 58.5 Å². The van der Waals surface area contributed by atoms with Gasteiger partial charge in [0.2, 0.25) is 0 Å². The molecular formula is C25H25ClN6OS. The molecule has 9 heteroatoms. The predicted octanol–water partition coefficient (Wildman–Crippen LogP) is 5.70. The first-order valence-corrected chi connectivity index (χ1v) is 12.7. The lowest BCUT2D eigenvalue weighted by atomic mass is 10.2. The summed E-state index contributed by atoms with van der Waals surface area (Å²) in [5.74, 6) is 1.73. The molecule has 4 aromatic rings. The number of thioether (sulfide) groups is 1. The topological polar surface area (TPSA) is 89.4 Å². The highest BCUT2D eigenvalue weighted by Crippen LogP contribution is 2.28. The summed E-state index contributed by atoms with van der Waals surface area (Å²) in [6.45, 7) is 2.94. The molecule has 0 unspecified atom stereocenters. The lowest BCUT2D eigenvalue weighted by Crippen LogP contribution is -2.24. The molecule has 4 rings (SSSR count). The highest BCUT2D eigenvalue weighted by Gasteiger charge is 2.17. The van der Waals surface area contributed by atoms with Gasteiger partial charge in [-0.25, -0.2) is 4.98 Å². The second kappa shape index (κ2) is 11.3. The van der Waals surface area contributed by atoms with Gasteiger partial charge in [-0.05, 0) is 42.8 Å². The van der Waals surface area contributed by atoms with Crippen LogP contribution in [0, 0.1) is 11.3 Å². The van der Waals surface area contributed by atoms with Crippen molar-refractivity contribution in [2.24, 2.45) is 0 Å². The van der Waals surface area contributed by atoms with Crippen molar-refractivity contribution in [1.29, 1.82) is 5.26 Å². The molecular weight excluding hydrogens is 468 g/mol. The van der Waals surface area contributed by atoms with Gasteiger partial charge >= 0.3 is 0 Å². The van der Waals surface area contributed by atoms with Gasteiger partial charge in [0.25, 0.3) is 5.56 Å². The Balaban J connectivity index is 1.65. The minimum Gasteiger partial charge on any atom is -0.302 e. The Morgan fingerprint density at radius 1 is 1.03 bits per heavy atom. The summed E-state index contributed by atoms with van der Waals surface area (Å²) in [4.78, 5) is 17.6. The van der Waals surface area contributed by atoms with Crippen LogP contribution in [0.3, 0.4) is 0 Å². The van der Waals surface area contributed by atoms with E-state index in [1.54, 1.807) is 12.1 Å². The quantitative estimate of drug-likeness (QED) is 0.208. The Morgan fingerprint density at radius 3 is 2.59 bits per heavy atom. The summed E-state index contributed by atoms with van der Waals surface area (Å²) >= 11 is 7.54. The van der Waals surface area contributed by atoms with E-state index >= 15 is 0 Å². The van der Waals surface area contributed by atoms with E-state index < -0.39 is 0 Å². The maximum atomic E-state index is 13.0. The Hall–Kier alpha value is -3.15. The zero-order valence-corrected chi connectivity index (χ0v) is 20.5. The Bertz CT molecular complexity index is 1370. The smallest absolute Gasteiger partial charge is 0.262 e. The van der Waals surface area contributed by atoms with Gasteiger partial charge in [0.1, 0.15) is 12.4 Å². The predicted molar refractivity (Wildman–Crippen MR) is 136 cm³/mol. The van der Waals surface area contributed by atoms with Crippen LogP contribution in [0.4, 0.5) is 0 Å². The van der Waals surface area contributed by atoms with Crippen molar-refractivity contribution in [3.05, 3.63) is 69.7 Å². The Morgan fingerprint density at radius 2 is 1.82 bits per heavy atom. The third-order valence-electron chi connectivity index (χ3n) is 5.55. The fraction of sp³-hybridized carbons (Fsp3) is 0.320. The van der Waals surface area contributed by atoms with E-state index in [0.29, 0.717) is 27.5 Å². The van der Waals surface area contributed by atoms with Crippen LogP contribution < -0.4 is 5.56 Å². The normalized spacial score (nSPS) is 11.1. The number of nitriles is 1. The van der Waals surface area contributed by atoms with E-state index in [2.05, 4.69) is 32.7 Å². The first-order valence-electron chi connectivity index (χ1n) is 11.3. The van der Waals surface area contributed by atoms with Gasteiger partial charge in [0, 0.05) is 17.1 Å². The number of hydrogen-bond acceptors (Lipinski definition) is 6. The van der Waals surface area contributed by atoms with E-state index in [9.17, 15) is 10.1 Å². The fourth-order valence-corrected chi connectivity index (χ4v) is 4.83. The van der Waals surface area contributed by atoms with E-state index in [-0.39, 0.29) is 12.1 Å². The van der Waals surface area contributed by atoms with Crippen LogP contribution in [0.25, 0.3) is 22.3 Å². The first kappa shape index (κ1) is 24.0. The third kappa shape index (κ3) is 5.32. The SMILES string of the molecule is CCCCCCn1c(SCc2nc3ccccc3c(=O)n2CC#N)nnc1-c1ccc(Cl)cc1. The molecule has 0 aliphatic carbocycles. The molecule has 0 spiro atoms. The summed E-state index contributed by atoms with van der Waals surface area (Å²) in [6, 6.07) is 16.9. The third-order valence-corrected chi connectivity index (χ3v) is 6.77. The molecule has 0 saturated heterocycles. The molecule has 0 N–H and O–H groups in total. The minimum atomic E-state index is -0.203. The molecule has 0 fully saturated rings. The van der Waals surface area contributed by atoms with Crippen molar-refractivity contribution in [3.8, 4) is 17.5 Å². The average Bonchev–Trinajstić information content (AvgIpc) is 3.25. The summed E-state index contributed by atoms with van der Waals surface area (Å²) in [5, 5.41) is 20.1. The van der Waals surface area contributed by atoms with Crippen molar-refractivity contribution in [2.45, 2.75) is 56.6 Å². The Labute approximate surface area is 207 Å². The molecule has 34 heavy (non-hydrogen) atoms. The van der Waals surface area contributed by atoms with E-state index in [1.165, 1.54) is 22.7 Å². The van der Waals surface area contributed by atoms with Crippen LogP contribution in [-0.2, 0) is 18.8 Å². The second-order valence-electron chi connectivity index (χ2n) is 7.91. The summed E-state index contributed by atoms with van der Waals surface area (Å²) in [7, 11) is 0. The number of fused-ring (bicyclic) bond motifs is 1. The Kier molecular flexibility index (Phi) is 7.99. The van der Waals surface area contributed by atoms with Crippen LogP contribution in [-0.4, -0.2) is 24.3 Å². The molecule has 7 nitrogen and oxygen atoms in total. The first-order chi connectivity index (χ1) is 16.6. The summed E-state index contributed by atoms with van der Waals surface area (Å²) in [6.07, 6.45) is 4.50. The molecule has 0 radical (unpaired) electrons. The highest BCUT2D eigenvalue weighted by atomic mass is 35.5. The number of benzene rings is 2. The number of para-hydroxylation sites is 1. The van der Waals surface area contributed by atoms with E-state index in [1.807, 2.05) is 36.4 Å². The molecule has 0 atom stereocenters. The maximum Gasteiger partial charge on any atom is 0.262 e. The lowest BCUT2D eigenvalue weighted by Gasteiger charge is -2.12. The molecule has 2 heterocycles.